The Bertz CT molecular complexity index is 374. The molecule has 1 aromatic rings. The lowest BCUT2D eigenvalue weighted by molar-refractivity contribution is -0.119. The first-order valence-electron chi connectivity index (χ1n) is 5.85. The second-order valence-electron chi connectivity index (χ2n) is 3.91. The van der Waals surface area contributed by atoms with Crippen molar-refractivity contribution in [3.05, 3.63) is 24.3 Å². The number of rotatable bonds is 6. The molecule has 0 bridgehead atoms. The predicted molar refractivity (Wildman–Crippen MR) is 81.8 cm³/mol. The minimum atomic E-state index is -0.0255. The van der Waals surface area contributed by atoms with Crippen molar-refractivity contribution in [1.29, 1.82) is 0 Å². The summed E-state index contributed by atoms with van der Waals surface area (Å²) < 4.78 is 0. The molecule has 0 fully saturated rings. The Labute approximate surface area is 120 Å². The van der Waals surface area contributed by atoms with Crippen molar-refractivity contribution in [2.45, 2.75) is 18.7 Å². The van der Waals surface area contributed by atoms with E-state index in [1.165, 1.54) is 4.90 Å². The second-order valence-corrected chi connectivity index (χ2v) is 5.25. The maximum absolute atomic E-state index is 11.8. The number of hydrogen-bond donors (Lipinski definition) is 2. The van der Waals surface area contributed by atoms with Crippen LogP contribution < -0.4 is 10.6 Å². The van der Waals surface area contributed by atoms with Crippen LogP contribution >= 0.6 is 24.2 Å². The quantitative estimate of drug-likeness (QED) is 0.791. The van der Waals surface area contributed by atoms with Crippen molar-refractivity contribution >= 4 is 35.8 Å². The van der Waals surface area contributed by atoms with Gasteiger partial charge in [-0.2, -0.15) is 0 Å². The summed E-state index contributed by atoms with van der Waals surface area (Å²) in [5.74, 6) is 1.06. The molecule has 1 atom stereocenters. The van der Waals surface area contributed by atoms with Crippen LogP contribution in [0.4, 0.5) is 5.69 Å². The molecule has 2 N–H and O–H groups in total. The van der Waals surface area contributed by atoms with Crippen LogP contribution in [0.3, 0.4) is 0 Å². The van der Waals surface area contributed by atoms with Crippen LogP contribution in [0.5, 0.6) is 0 Å². The average Bonchev–Trinajstić information content (AvgIpc) is 2.30. The van der Waals surface area contributed by atoms with Crippen molar-refractivity contribution in [2.24, 2.45) is 5.92 Å². The minimum Gasteiger partial charge on any atom is -0.326 e. The van der Waals surface area contributed by atoms with Crippen molar-refractivity contribution < 1.29 is 4.79 Å². The molecule has 1 unspecified atom stereocenters. The first kappa shape index (κ1) is 17.3. The Morgan fingerprint density at radius 3 is 2.78 bits per heavy atom. The number of benzene rings is 1. The van der Waals surface area contributed by atoms with E-state index in [1.807, 2.05) is 32.2 Å². The van der Waals surface area contributed by atoms with E-state index in [0.717, 1.165) is 11.4 Å². The molecule has 0 aliphatic rings. The standard InChI is InChI=1S/C13H20N2OS.ClH/c1-4-17-12-7-5-6-11(8-12)15-13(16)10(2)9-14-3;/h5-8,10,14H,4,9H2,1-3H3,(H,15,16);1H. The largest absolute Gasteiger partial charge is 0.326 e. The molecule has 0 heterocycles. The average molecular weight is 289 g/mol. The molecule has 5 heteroatoms. The van der Waals surface area contributed by atoms with Gasteiger partial charge in [-0.3, -0.25) is 4.79 Å². The zero-order valence-corrected chi connectivity index (χ0v) is 12.7. The van der Waals surface area contributed by atoms with Crippen LogP contribution in [0.2, 0.25) is 0 Å². The third kappa shape index (κ3) is 5.76. The highest BCUT2D eigenvalue weighted by atomic mass is 35.5. The molecule has 0 spiro atoms. The maximum atomic E-state index is 11.8. The number of carbonyl (C=O) groups excluding carboxylic acids is 1. The normalized spacial score (nSPS) is 11.5. The lowest BCUT2D eigenvalue weighted by Gasteiger charge is -2.12. The number of amides is 1. The summed E-state index contributed by atoms with van der Waals surface area (Å²) in [6.07, 6.45) is 0. The first-order chi connectivity index (χ1) is 8.17. The van der Waals surface area contributed by atoms with Gasteiger partial charge in [-0.15, -0.1) is 24.2 Å². The summed E-state index contributed by atoms with van der Waals surface area (Å²) in [5.41, 5.74) is 0.872. The highest BCUT2D eigenvalue weighted by molar-refractivity contribution is 7.99. The van der Waals surface area contributed by atoms with Crippen LogP contribution in [0.1, 0.15) is 13.8 Å². The van der Waals surface area contributed by atoms with E-state index in [2.05, 4.69) is 23.6 Å². The van der Waals surface area contributed by atoms with Crippen LogP contribution in [-0.4, -0.2) is 25.3 Å². The van der Waals surface area contributed by atoms with E-state index in [1.54, 1.807) is 11.8 Å². The van der Waals surface area contributed by atoms with E-state index in [0.29, 0.717) is 6.54 Å². The summed E-state index contributed by atoms with van der Waals surface area (Å²) in [6.45, 7) is 4.72. The van der Waals surface area contributed by atoms with Crippen molar-refractivity contribution in [3.63, 3.8) is 0 Å². The molecule has 1 aromatic carbocycles. The monoisotopic (exact) mass is 288 g/mol. The van der Waals surface area contributed by atoms with Gasteiger partial charge in [0.1, 0.15) is 0 Å². The summed E-state index contributed by atoms with van der Waals surface area (Å²) in [7, 11) is 1.85. The Balaban J connectivity index is 0.00000289. The van der Waals surface area contributed by atoms with Crippen molar-refractivity contribution in [2.75, 3.05) is 24.7 Å². The second kappa shape index (κ2) is 9.25. The van der Waals surface area contributed by atoms with E-state index in [-0.39, 0.29) is 24.2 Å². The van der Waals surface area contributed by atoms with E-state index < -0.39 is 0 Å². The van der Waals surface area contributed by atoms with Gasteiger partial charge in [0.15, 0.2) is 0 Å². The highest BCUT2D eigenvalue weighted by Gasteiger charge is 2.11. The molecule has 3 nitrogen and oxygen atoms in total. The summed E-state index contributed by atoms with van der Waals surface area (Å²) in [4.78, 5) is 13.0. The SMILES string of the molecule is CCSc1cccc(NC(=O)C(C)CNC)c1.Cl. The molecular weight excluding hydrogens is 268 g/mol. The van der Waals surface area contributed by atoms with Gasteiger partial charge >= 0.3 is 0 Å². The Kier molecular flexibility index (Phi) is 8.89. The van der Waals surface area contributed by atoms with Crippen LogP contribution in [0.25, 0.3) is 0 Å². The molecule has 1 rings (SSSR count). The molecule has 1 amide bonds. The molecule has 0 aliphatic heterocycles. The highest BCUT2D eigenvalue weighted by Crippen LogP contribution is 2.21. The van der Waals surface area contributed by atoms with Crippen molar-refractivity contribution in [3.8, 4) is 0 Å². The van der Waals surface area contributed by atoms with Gasteiger partial charge < -0.3 is 10.6 Å². The third-order valence-electron chi connectivity index (χ3n) is 2.37. The number of thioether (sulfide) groups is 1. The fourth-order valence-corrected chi connectivity index (χ4v) is 2.21. The summed E-state index contributed by atoms with van der Waals surface area (Å²) in [5, 5.41) is 5.93. The minimum absolute atomic E-state index is 0. The van der Waals surface area contributed by atoms with E-state index >= 15 is 0 Å². The molecule has 0 aromatic heterocycles. The maximum Gasteiger partial charge on any atom is 0.228 e. The van der Waals surface area contributed by atoms with Crippen LogP contribution in [0.15, 0.2) is 29.2 Å². The number of nitrogens with one attached hydrogen (secondary N) is 2. The molecule has 0 radical (unpaired) electrons. The Morgan fingerprint density at radius 1 is 1.44 bits per heavy atom. The predicted octanol–water partition coefficient (Wildman–Crippen LogP) is 3.01. The number of hydrogen-bond acceptors (Lipinski definition) is 3. The third-order valence-corrected chi connectivity index (χ3v) is 3.25. The van der Waals surface area contributed by atoms with Gasteiger partial charge in [-0.05, 0) is 31.0 Å². The zero-order valence-electron chi connectivity index (χ0n) is 11.0. The van der Waals surface area contributed by atoms with Gasteiger partial charge in [-0.25, -0.2) is 0 Å². The van der Waals surface area contributed by atoms with Gasteiger partial charge in [0.2, 0.25) is 5.91 Å². The number of carbonyl (C=O) groups is 1. The van der Waals surface area contributed by atoms with Gasteiger partial charge in [0, 0.05) is 23.0 Å². The van der Waals surface area contributed by atoms with Gasteiger partial charge in [-0.1, -0.05) is 19.9 Å². The number of anilines is 1. The van der Waals surface area contributed by atoms with Crippen LogP contribution in [-0.2, 0) is 4.79 Å². The lowest BCUT2D eigenvalue weighted by Crippen LogP contribution is -2.28. The van der Waals surface area contributed by atoms with Gasteiger partial charge in [0.05, 0.1) is 0 Å². The number of halogens is 1. The fraction of sp³-hybridized carbons (Fsp3) is 0.462. The van der Waals surface area contributed by atoms with Crippen molar-refractivity contribution in [1.82, 2.24) is 5.32 Å². The Hall–Kier alpha value is -0.710. The molecule has 0 saturated carbocycles. The molecule has 0 aliphatic carbocycles. The summed E-state index contributed by atoms with van der Waals surface area (Å²) in [6, 6.07) is 7.96. The molecule has 102 valence electrons. The molecular formula is C13H21ClN2OS. The Morgan fingerprint density at radius 2 is 2.17 bits per heavy atom. The topological polar surface area (TPSA) is 41.1 Å². The molecule has 0 saturated heterocycles. The van der Waals surface area contributed by atoms with E-state index in [9.17, 15) is 4.79 Å². The smallest absolute Gasteiger partial charge is 0.228 e. The van der Waals surface area contributed by atoms with E-state index in [4.69, 9.17) is 0 Å². The summed E-state index contributed by atoms with van der Waals surface area (Å²) >= 11 is 1.77. The lowest BCUT2D eigenvalue weighted by atomic mass is 10.1. The fourth-order valence-electron chi connectivity index (χ4n) is 1.49. The zero-order chi connectivity index (χ0) is 12.7. The molecule has 18 heavy (non-hydrogen) atoms. The first-order valence-corrected chi connectivity index (χ1v) is 6.84. The van der Waals surface area contributed by atoms with Crippen LogP contribution in [0, 0.1) is 5.92 Å². The van der Waals surface area contributed by atoms with Gasteiger partial charge in [0.25, 0.3) is 0 Å².